The lowest BCUT2D eigenvalue weighted by Gasteiger charge is -2.10. The molecule has 0 fully saturated rings. The number of carbonyl (C=O) groups is 2. The molecule has 18 heavy (non-hydrogen) atoms. The van der Waals surface area contributed by atoms with E-state index in [1.807, 2.05) is 13.0 Å². The van der Waals surface area contributed by atoms with E-state index in [4.69, 9.17) is 10.5 Å². The number of hydrogen-bond acceptors (Lipinski definition) is 3. The minimum Gasteiger partial charge on any atom is -0.491 e. The molecule has 0 aliphatic rings. The number of ether oxygens (including phenoxy) is 1. The van der Waals surface area contributed by atoms with Gasteiger partial charge in [0, 0.05) is 12.2 Å². The summed E-state index contributed by atoms with van der Waals surface area (Å²) in [6, 6.07) is 7.09. The van der Waals surface area contributed by atoms with Crippen molar-refractivity contribution in [3.63, 3.8) is 0 Å². The molecule has 0 spiro atoms. The maximum atomic E-state index is 11.5. The molecule has 0 aromatic heterocycles. The molecule has 0 aliphatic heterocycles. The Morgan fingerprint density at radius 2 is 2.06 bits per heavy atom. The number of benzene rings is 1. The van der Waals surface area contributed by atoms with E-state index < -0.39 is 11.8 Å². The summed E-state index contributed by atoms with van der Waals surface area (Å²) >= 11 is 0. The van der Waals surface area contributed by atoms with Crippen LogP contribution in [0.25, 0.3) is 0 Å². The molecule has 0 saturated carbocycles. The third-order valence-electron chi connectivity index (χ3n) is 2.01. The number of para-hydroxylation sites is 2. The van der Waals surface area contributed by atoms with Gasteiger partial charge in [-0.1, -0.05) is 19.1 Å². The molecular weight excluding hydrogens is 232 g/mol. The highest BCUT2D eigenvalue weighted by atomic mass is 16.5. The van der Waals surface area contributed by atoms with E-state index in [9.17, 15) is 9.59 Å². The van der Waals surface area contributed by atoms with Crippen LogP contribution in [0.15, 0.2) is 36.4 Å². The fourth-order valence-electron chi connectivity index (χ4n) is 1.24. The summed E-state index contributed by atoms with van der Waals surface area (Å²) in [4.78, 5) is 22.0. The summed E-state index contributed by atoms with van der Waals surface area (Å²) in [6.45, 7) is 2.57. The van der Waals surface area contributed by atoms with Crippen molar-refractivity contribution in [1.29, 1.82) is 0 Å². The van der Waals surface area contributed by atoms with Crippen LogP contribution in [0.2, 0.25) is 0 Å². The van der Waals surface area contributed by atoms with Gasteiger partial charge >= 0.3 is 0 Å². The summed E-state index contributed by atoms with van der Waals surface area (Å²) in [6.07, 6.45) is 2.97. The molecule has 0 aliphatic carbocycles. The molecule has 0 saturated heterocycles. The molecule has 3 N–H and O–H groups in total. The molecule has 1 aromatic rings. The summed E-state index contributed by atoms with van der Waals surface area (Å²) < 4.78 is 5.48. The van der Waals surface area contributed by atoms with Crippen LogP contribution in [-0.2, 0) is 9.59 Å². The molecule has 0 heterocycles. The largest absolute Gasteiger partial charge is 0.491 e. The van der Waals surface area contributed by atoms with Gasteiger partial charge in [-0.25, -0.2) is 0 Å². The smallest absolute Gasteiger partial charge is 0.248 e. The Bertz CT molecular complexity index is 455. The number of rotatable bonds is 6. The molecule has 5 nitrogen and oxygen atoms in total. The topological polar surface area (TPSA) is 81.4 Å². The van der Waals surface area contributed by atoms with Crippen molar-refractivity contribution in [2.24, 2.45) is 5.73 Å². The number of nitrogens with two attached hydrogens (primary N) is 1. The van der Waals surface area contributed by atoms with Gasteiger partial charge in [0.2, 0.25) is 11.8 Å². The fraction of sp³-hybridized carbons (Fsp3) is 0.231. The standard InChI is InChI=1S/C13H16N2O3/c1-2-9-18-11-6-4-3-5-10(11)15-13(17)8-7-12(14)16/h3-8H,2,9H2,1H3,(H2,14,16)(H,15,17). The quantitative estimate of drug-likeness (QED) is 0.748. The molecule has 0 bridgehead atoms. The monoisotopic (exact) mass is 248 g/mol. The Balaban J connectivity index is 2.71. The molecule has 1 rings (SSSR count). The second-order valence-corrected chi connectivity index (χ2v) is 3.57. The van der Waals surface area contributed by atoms with Crippen molar-refractivity contribution in [2.45, 2.75) is 13.3 Å². The summed E-state index contributed by atoms with van der Waals surface area (Å²) in [5, 5.41) is 2.62. The van der Waals surface area contributed by atoms with Crippen molar-refractivity contribution >= 4 is 17.5 Å². The Labute approximate surface area is 106 Å². The molecule has 5 heteroatoms. The number of anilines is 1. The minimum absolute atomic E-state index is 0.429. The highest BCUT2D eigenvalue weighted by molar-refractivity contribution is 6.03. The van der Waals surface area contributed by atoms with Gasteiger partial charge in [-0.05, 0) is 18.6 Å². The number of nitrogens with one attached hydrogen (secondary N) is 1. The van der Waals surface area contributed by atoms with E-state index in [-0.39, 0.29) is 0 Å². The molecule has 2 amide bonds. The van der Waals surface area contributed by atoms with Gasteiger partial charge in [0.15, 0.2) is 0 Å². The normalized spacial score (nSPS) is 10.3. The fourth-order valence-corrected chi connectivity index (χ4v) is 1.24. The average Bonchev–Trinajstić information content (AvgIpc) is 2.35. The third-order valence-corrected chi connectivity index (χ3v) is 2.01. The van der Waals surface area contributed by atoms with Gasteiger partial charge in [0.25, 0.3) is 0 Å². The van der Waals surface area contributed by atoms with Crippen molar-refractivity contribution in [1.82, 2.24) is 0 Å². The van der Waals surface area contributed by atoms with Crippen molar-refractivity contribution in [3.8, 4) is 5.75 Å². The Kier molecular flexibility index (Phi) is 5.44. The van der Waals surface area contributed by atoms with Crippen LogP contribution in [0, 0.1) is 0 Å². The minimum atomic E-state index is -0.666. The average molecular weight is 248 g/mol. The Morgan fingerprint density at radius 3 is 2.72 bits per heavy atom. The van der Waals surface area contributed by atoms with Crippen LogP contribution < -0.4 is 15.8 Å². The second-order valence-electron chi connectivity index (χ2n) is 3.57. The lowest BCUT2D eigenvalue weighted by atomic mass is 10.3. The number of carbonyl (C=O) groups excluding carboxylic acids is 2. The molecular formula is C13H16N2O3. The molecule has 0 atom stereocenters. The van der Waals surface area contributed by atoms with Gasteiger partial charge in [0.05, 0.1) is 12.3 Å². The van der Waals surface area contributed by atoms with E-state index in [2.05, 4.69) is 5.32 Å². The number of hydrogen-bond donors (Lipinski definition) is 2. The zero-order valence-corrected chi connectivity index (χ0v) is 10.2. The molecule has 1 aromatic carbocycles. The Morgan fingerprint density at radius 1 is 1.33 bits per heavy atom. The van der Waals surface area contributed by atoms with Crippen LogP contribution in [-0.4, -0.2) is 18.4 Å². The lowest BCUT2D eigenvalue weighted by Crippen LogP contribution is -2.12. The summed E-state index contributed by atoms with van der Waals surface area (Å²) in [5.74, 6) is -0.498. The van der Waals surface area contributed by atoms with E-state index in [0.717, 1.165) is 18.6 Å². The first-order chi connectivity index (χ1) is 8.63. The van der Waals surface area contributed by atoms with E-state index >= 15 is 0 Å². The first-order valence-electron chi connectivity index (χ1n) is 5.63. The van der Waals surface area contributed by atoms with Crippen molar-refractivity contribution < 1.29 is 14.3 Å². The van der Waals surface area contributed by atoms with Crippen molar-refractivity contribution in [2.75, 3.05) is 11.9 Å². The van der Waals surface area contributed by atoms with Gasteiger partial charge in [-0.3, -0.25) is 9.59 Å². The predicted molar refractivity (Wildman–Crippen MR) is 69.2 cm³/mol. The van der Waals surface area contributed by atoms with Crippen LogP contribution in [0.5, 0.6) is 5.75 Å². The number of primary amides is 1. The maximum Gasteiger partial charge on any atom is 0.248 e. The van der Waals surface area contributed by atoms with Crippen LogP contribution >= 0.6 is 0 Å². The zero-order valence-electron chi connectivity index (χ0n) is 10.2. The van der Waals surface area contributed by atoms with Gasteiger partial charge in [-0.2, -0.15) is 0 Å². The Hall–Kier alpha value is -2.30. The van der Waals surface area contributed by atoms with E-state index in [1.165, 1.54) is 0 Å². The first-order valence-corrected chi connectivity index (χ1v) is 5.63. The first kappa shape index (κ1) is 13.8. The SMILES string of the molecule is CCCOc1ccccc1NC(=O)C=CC(N)=O. The van der Waals surface area contributed by atoms with Crippen LogP contribution in [0.3, 0.4) is 0 Å². The molecule has 96 valence electrons. The summed E-state index contributed by atoms with van der Waals surface area (Å²) in [7, 11) is 0. The zero-order chi connectivity index (χ0) is 13.4. The van der Waals surface area contributed by atoms with Crippen LogP contribution in [0.1, 0.15) is 13.3 Å². The molecule has 0 radical (unpaired) electrons. The third kappa shape index (κ3) is 4.69. The summed E-state index contributed by atoms with van der Waals surface area (Å²) in [5.41, 5.74) is 5.46. The number of amides is 2. The van der Waals surface area contributed by atoms with Gasteiger partial charge in [0.1, 0.15) is 5.75 Å². The van der Waals surface area contributed by atoms with E-state index in [0.29, 0.717) is 18.0 Å². The predicted octanol–water partition coefficient (Wildman–Crippen LogP) is 1.46. The second kappa shape index (κ2) is 7.11. The highest BCUT2D eigenvalue weighted by Crippen LogP contribution is 2.23. The van der Waals surface area contributed by atoms with Crippen LogP contribution in [0.4, 0.5) is 5.69 Å². The molecule has 0 unspecified atom stereocenters. The highest BCUT2D eigenvalue weighted by Gasteiger charge is 2.04. The lowest BCUT2D eigenvalue weighted by molar-refractivity contribution is -0.115. The van der Waals surface area contributed by atoms with Gasteiger partial charge in [-0.15, -0.1) is 0 Å². The van der Waals surface area contributed by atoms with E-state index in [1.54, 1.807) is 18.2 Å². The maximum absolute atomic E-state index is 11.5. The van der Waals surface area contributed by atoms with Gasteiger partial charge < -0.3 is 15.8 Å². The van der Waals surface area contributed by atoms with Crippen molar-refractivity contribution in [3.05, 3.63) is 36.4 Å².